The lowest BCUT2D eigenvalue weighted by Crippen LogP contribution is -2.42. The van der Waals surface area contributed by atoms with E-state index in [4.69, 9.17) is 37.7 Å². The Labute approximate surface area is 285 Å². The van der Waals surface area contributed by atoms with Crippen molar-refractivity contribution in [1.82, 2.24) is 14.5 Å². The third-order valence-electron chi connectivity index (χ3n) is 8.09. The summed E-state index contributed by atoms with van der Waals surface area (Å²) in [5, 5.41) is 3.96. The molecule has 244 valence electrons. The van der Waals surface area contributed by atoms with Crippen LogP contribution in [0.5, 0.6) is 11.5 Å². The van der Waals surface area contributed by atoms with Crippen LogP contribution in [0.25, 0.3) is 10.9 Å². The highest BCUT2D eigenvalue weighted by Gasteiger charge is 2.36. The number of imide groups is 1. The van der Waals surface area contributed by atoms with Crippen LogP contribution in [0, 0.1) is 0 Å². The quantitative estimate of drug-likeness (QED) is 0.169. The number of carbonyl (C=O) groups excluding carboxylic acids is 3. The molecule has 4 amide bonds. The Morgan fingerprint density at radius 1 is 0.854 bits per heavy atom. The summed E-state index contributed by atoms with van der Waals surface area (Å²) in [5.74, 6) is 0.0966. The van der Waals surface area contributed by atoms with Gasteiger partial charge in [-0.25, -0.2) is 9.78 Å². The van der Waals surface area contributed by atoms with Crippen molar-refractivity contribution in [2.24, 2.45) is 0 Å². The predicted octanol–water partition coefficient (Wildman–Crippen LogP) is 6.82. The minimum atomic E-state index is -0.908. The number of halogens is 2. The topological polar surface area (TPSA) is 123 Å². The number of rotatable bonds is 9. The van der Waals surface area contributed by atoms with Gasteiger partial charge in [-0.3, -0.25) is 28.8 Å². The van der Waals surface area contributed by atoms with Crippen molar-refractivity contribution in [3.8, 4) is 11.5 Å². The molecule has 0 aliphatic carbocycles. The molecule has 1 aliphatic heterocycles. The zero-order valence-electron chi connectivity index (χ0n) is 26.1. The molecular formula is C35H29Cl2N5O6. The molecule has 0 radical (unpaired) electrons. The summed E-state index contributed by atoms with van der Waals surface area (Å²) in [6, 6.07) is 21.4. The van der Waals surface area contributed by atoms with Crippen LogP contribution in [0.4, 0.5) is 16.2 Å². The molecule has 0 saturated heterocycles. The molecule has 0 saturated carbocycles. The number of nitrogens with zero attached hydrogens (tertiary/aromatic N) is 4. The Morgan fingerprint density at radius 2 is 1.52 bits per heavy atom. The molecule has 0 bridgehead atoms. The number of aromatic nitrogens is 2. The molecule has 1 aromatic heterocycles. The Kier molecular flexibility index (Phi) is 9.07. The normalized spacial score (nSPS) is 13.0. The maximum absolute atomic E-state index is 14.2. The van der Waals surface area contributed by atoms with Gasteiger partial charge in [0.2, 0.25) is 0 Å². The number of urea groups is 1. The van der Waals surface area contributed by atoms with E-state index in [9.17, 15) is 19.2 Å². The van der Waals surface area contributed by atoms with E-state index in [1.54, 1.807) is 85.8 Å². The van der Waals surface area contributed by atoms with Crippen molar-refractivity contribution in [2.45, 2.75) is 19.5 Å². The minimum Gasteiger partial charge on any atom is -0.497 e. The summed E-state index contributed by atoms with van der Waals surface area (Å²) >= 11 is 12.3. The molecule has 0 fully saturated rings. The molecule has 11 nitrogen and oxygen atoms in total. The molecule has 1 aliphatic rings. The van der Waals surface area contributed by atoms with Crippen LogP contribution in [-0.2, 0) is 6.54 Å². The summed E-state index contributed by atoms with van der Waals surface area (Å²) in [6.45, 7) is 1.49. The van der Waals surface area contributed by atoms with Gasteiger partial charge in [0.25, 0.3) is 17.4 Å². The molecule has 5 aromatic rings. The van der Waals surface area contributed by atoms with Gasteiger partial charge in [-0.1, -0.05) is 35.3 Å². The van der Waals surface area contributed by atoms with Crippen LogP contribution in [-0.4, -0.2) is 53.1 Å². The Balaban J connectivity index is 1.46. The van der Waals surface area contributed by atoms with Gasteiger partial charge in [-0.15, -0.1) is 0 Å². The summed E-state index contributed by atoms with van der Waals surface area (Å²) in [5.41, 5.74) is 1.31. The zero-order chi connectivity index (χ0) is 34.1. The van der Waals surface area contributed by atoms with E-state index in [-0.39, 0.29) is 24.3 Å². The van der Waals surface area contributed by atoms with Gasteiger partial charge >= 0.3 is 6.03 Å². The molecule has 0 spiro atoms. The second-order valence-electron chi connectivity index (χ2n) is 10.9. The monoisotopic (exact) mass is 685 g/mol. The Morgan fingerprint density at radius 3 is 2.17 bits per heavy atom. The third kappa shape index (κ3) is 6.05. The maximum Gasteiger partial charge on any atom is 0.327 e. The number of methoxy groups -OCH3 is 2. The van der Waals surface area contributed by atoms with Crippen molar-refractivity contribution >= 4 is 63.3 Å². The highest BCUT2D eigenvalue weighted by Crippen LogP contribution is 2.37. The first-order valence-electron chi connectivity index (χ1n) is 14.8. The number of hydrogen-bond acceptors (Lipinski definition) is 7. The van der Waals surface area contributed by atoms with Gasteiger partial charge in [-0.2, -0.15) is 0 Å². The smallest absolute Gasteiger partial charge is 0.327 e. The van der Waals surface area contributed by atoms with Gasteiger partial charge in [0.05, 0.1) is 48.0 Å². The molecule has 13 heteroatoms. The van der Waals surface area contributed by atoms with E-state index in [1.165, 1.54) is 29.8 Å². The lowest BCUT2D eigenvalue weighted by atomic mass is 10.1. The maximum atomic E-state index is 14.2. The average Bonchev–Trinajstić information content (AvgIpc) is 3.33. The van der Waals surface area contributed by atoms with E-state index >= 15 is 0 Å². The molecular weight excluding hydrogens is 657 g/mol. The number of benzene rings is 4. The van der Waals surface area contributed by atoms with Crippen LogP contribution in [0.3, 0.4) is 0 Å². The lowest BCUT2D eigenvalue weighted by Gasteiger charge is -2.32. The van der Waals surface area contributed by atoms with Crippen LogP contribution in [0.2, 0.25) is 10.0 Å². The fraction of sp³-hybridized carbons (Fsp3) is 0.171. The van der Waals surface area contributed by atoms with Crippen molar-refractivity contribution in [2.75, 3.05) is 31.0 Å². The number of anilines is 2. The summed E-state index contributed by atoms with van der Waals surface area (Å²) in [6.07, 6.45) is 0. The first kappa shape index (κ1) is 32.5. The van der Waals surface area contributed by atoms with Gasteiger partial charge in [-0.05, 0) is 73.7 Å². The van der Waals surface area contributed by atoms with Gasteiger partial charge < -0.3 is 14.8 Å². The van der Waals surface area contributed by atoms with Gasteiger partial charge in [0, 0.05) is 34.9 Å². The van der Waals surface area contributed by atoms with Crippen molar-refractivity contribution < 1.29 is 23.9 Å². The minimum absolute atomic E-state index is 0.105. The molecule has 1 atom stereocenters. The largest absolute Gasteiger partial charge is 0.497 e. The highest BCUT2D eigenvalue weighted by atomic mass is 35.5. The van der Waals surface area contributed by atoms with Crippen LogP contribution in [0.1, 0.15) is 39.5 Å². The van der Waals surface area contributed by atoms with E-state index < -0.39 is 29.4 Å². The molecule has 4 aromatic carbocycles. The average molecular weight is 687 g/mol. The first-order valence-corrected chi connectivity index (χ1v) is 15.6. The third-order valence-corrected chi connectivity index (χ3v) is 8.58. The van der Waals surface area contributed by atoms with E-state index in [1.807, 2.05) is 0 Å². The summed E-state index contributed by atoms with van der Waals surface area (Å²) < 4.78 is 12.4. The summed E-state index contributed by atoms with van der Waals surface area (Å²) in [4.78, 5) is 62.1. The fourth-order valence-electron chi connectivity index (χ4n) is 5.70. The van der Waals surface area contributed by atoms with E-state index in [0.717, 1.165) is 4.90 Å². The van der Waals surface area contributed by atoms with Crippen molar-refractivity contribution in [3.05, 3.63) is 122 Å². The van der Waals surface area contributed by atoms with Crippen LogP contribution in [0.15, 0.2) is 89.7 Å². The van der Waals surface area contributed by atoms with Crippen LogP contribution >= 0.6 is 23.2 Å². The number of ether oxygens (including phenoxy) is 2. The molecule has 2 heterocycles. The number of amides is 4. The summed E-state index contributed by atoms with van der Waals surface area (Å²) in [7, 11) is 2.98. The lowest BCUT2D eigenvalue weighted by molar-refractivity contribution is 0.0648. The fourth-order valence-corrected chi connectivity index (χ4v) is 6.00. The standard InChI is InChI=1S/C35H29Cl2N5O6/c1-20(42(29-15-13-24(47-2)19-30(29)48-3)35(46)38-23-11-8-21(36)9-12-23)31-39-28-14-10-22(37)18-27(28)34(45)40(31)16-17-41-32(43)25-6-4-5-7-26(25)33(41)44/h4-15,18-20H,16-17H2,1-3H3,(H,38,46). The molecule has 1 unspecified atom stereocenters. The van der Waals surface area contributed by atoms with Crippen molar-refractivity contribution in [3.63, 3.8) is 0 Å². The van der Waals surface area contributed by atoms with Gasteiger partial charge in [0.1, 0.15) is 17.3 Å². The molecule has 6 rings (SSSR count). The number of nitrogens with one attached hydrogen (secondary N) is 1. The van der Waals surface area contributed by atoms with E-state index in [2.05, 4.69) is 5.32 Å². The molecule has 1 N–H and O–H groups in total. The number of fused-ring (bicyclic) bond motifs is 2. The second-order valence-corrected chi connectivity index (χ2v) is 11.8. The van der Waals surface area contributed by atoms with E-state index in [0.29, 0.717) is 49.6 Å². The van der Waals surface area contributed by atoms with Crippen LogP contribution < -0.4 is 25.2 Å². The van der Waals surface area contributed by atoms with Gasteiger partial charge in [0.15, 0.2) is 0 Å². The second kappa shape index (κ2) is 13.4. The van der Waals surface area contributed by atoms with Crippen molar-refractivity contribution in [1.29, 1.82) is 0 Å². The number of hydrogen-bond donors (Lipinski definition) is 1. The Hall–Kier alpha value is -5.39. The highest BCUT2D eigenvalue weighted by molar-refractivity contribution is 6.31. The Bertz CT molecular complexity index is 2100. The zero-order valence-corrected chi connectivity index (χ0v) is 27.6. The SMILES string of the molecule is COc1ccc(N(C(=O)Nc2ccc(Cl)cc2)C(C)c2nc3ccc(Cl)cc3c(=O)n2CCN2C(=O)c3ccccc3C2=O)c(OC)c1. The predicted molar refractivity (Wildman–Crippen MR) is 184 cm³/mol. The molecule has 48 heavy (non-hydrogen) atoms. The number of carbonyl (C=O) groups is 3. The first-order chi connectivity index (χ1) is 23.1.